The fourth-order valence-corrected chi connectivity index (χ4v) is 4.69. The number of hydrogen-bond acceptors (Lipinski definition) is 6. The summed E-state index contributed by atoms with van der Waals surface area (Å²) in [6, 6.07) is 18.4. The third kappa shape index (κ3) is 4.58. The predicted octanol–water partition coefficient (Wildman–Crippen LogP) is 4.42. The molecule has 0 atom stereocenters. The molecule has 0 fully saturated rings. The van der Waals surface area contributed by atoms with Gasteiger partial charge in [0.05, 0.1) is 41.7 Å². The highest BCUT2D eigenvalue weighted by atomic mass is 35.5. The van der Waals surface area contributed by atoms with E-state index in [1.54, 1.807) is 36.6 Å². The number of aromatic nitrogens is 2. The fourth-order valence-electron chi connectivity index (χ4n) is 3.65. The first-order valence-electron chi connectivity index (χ1n) is 10.4. The van der Waals surface area contributed by atoms with Gasteiger partial charge < -0.3 is 4.42 Å². The van der Waals surface area contributed by atoms with Crippen LogP contribution >= 0.6 is 23.4 Å². The standard InChI is InChI=1S/C24H19ClN4O3S/c25-17-8-9-19-21(13-17)26-24(28(23(19)31)14-18-7-4-12-32-18)33-15-22(30)29-11-10-20(27-29)16-5-2-1-3-6-16/h1-9,12-13H,10-11,14-15H2. The van der Waals surface area contributed by atoms with E-state index in [2.05, 4.69) is 10.1 Å². The Morgan fingerprint density at radius 1 is 1.12 bits per heavy atom. The second kappa shape index (κ2) is 9.25. The molecule has 4 aromatic rings. The Kier molecular flexibility index (Phi) is 6.02. The summed E-state index contributed by atoms with van der Waals surface area (Å²) in [5.41, 5.74) is 2.18. The first kappa shape index (κ1) is 21.5. The van der Waals surface area contributed by atoms with Crippen LogP contribution in [0.4, 0.5) is 0 Å². The molecule has 9 heteroatoms. The Morgan fingerprint density at radius 3 is 2.76 bits per heavy atom. The molecule has 0 radical (unpaired) electrons. The number of halogens is 1. The van der Waals surface area contributed by atoms with Gasteiger partial charge in [-0.3, -0.25) is 14.2 Å². The largest absolute Gasteiger partial charge is 0.467 e. The Labute approximate surface area is 198 Å². The molecule has 0 bridgehead atoms. The molecule has 0 N–H and O–H groups in total. The third-order valence-corrected chi connectivity index (χ3v) is 6.49. The van der Waals surface area contributed by atoms with Crippen molar-refractivity contribution in [2.24, 2.45) is 5.10 Å². The maximum Gasteiger partial charge on any atom is 0.262 e. The van der Waals surface area contributed by atoms with Gasteiger partial charge in [-0.15, -0.1) is 0 Å². The van der Waals surface area contributed by atoms with E-state index in [0.29, 0.717) is 39.8 Å². The van der Waals surface area contributed by atoms with Crippen LogP contribution in [-0.4, -0.2) is 38.5 Å². The third-order valence-electron chi connectivity index (χ3n) is 5.30. The van der Waals surface area contributed by atoms with Crippen LogP contribution in [0.25, 0.3) is 10.9 Å². The molecule has 3 heterocycles. The molecule has 1 amide bonds. The number of hydrazone groups is 1. The summed E-state index contributed by atoms with van der Waals surface area (Å²) in [5, 5.41) is 7.36. The van der Waals surface area contributed by atoms with Gasteiger partial charge in [0, 0.05) is 11.4 Å². The number of hydrogen-bond donors (Lipinski definition) is 0. The summed E-state index contributed by atoms with van der Waals surface area (Å²) in [6.07, 6.45) is 2.26. The minimum absolute atomic E-state index is 0.0994. The van der Waals surface area contributed by atoms with E-state index in [4.69, 9.17) is 16.0 Å². The molecule has 0 saturated heterocycles. The summed E-state index contributed by atoms with van der Waals surface area (Å²) in [5.74, 6) is 0.579. The molecule has 1 aliphatic heterocycles. The lowest BCUT2D eigenvalue weighted by Gasteiger charge is -2.14. The lowest BCUT2D eigenvalue weighted by molar-refractivity contribution is -0.127. The molecule has 0 saturated carbocycles. The molecule has 7 nitrogen and oxygen atoms in total. The van der Waals surface area contributed by atoms with Crippen molar-refractivity contribution in [2.75, 3.05) is 12.3 Å². The number of rotatable bonds is 6. The average molecular weight is 479 g/mol. The van der Waals surface area contributed by atoms with Crippen molar-refractivity contribution in [1.29, 1.82) is 0 Å². The zero-order valence-electron chi connectivity index (χ0n) is 17.5. The highest BCUT2D eigenvalue weighted by molar-refractivity contribution is 7.99. The SMILES string of the molecule is O=C(CSc1nc2cc(Cl)ccc2c(=O)n1Cc1ccco1)N1CCC(c2ccccc2)=N1. The van der Waals surface area contributed by atoms with E-state index in [-0.39, 0.29) is 23.8 Å². The van der Waals surface area contributed by atoms with Crippen LogP contribution < -0.4 is 5.56 Å². The van der Waals surface area contributed by atoms with Gasteiger partial charge >= 0.3 is 0 Å². The van der Waals surface area contributed by atoms with Crippen molar-refractivity contribution >= 4 is 45.9 Å². The maximum absolute atomic E-state index is 13.2. The summed E-state index contributed by atoms with van der Waals surface area (Å²) in [4.78, 5) is 30.7. The van der Waals surface area contributed by atoms with E-state index in [0.717, 1.165) is 11.3 Å². The molecule has 0 unspecified atom stereocenters. The predicted molar refractivity (Wildman–Crippen MR) is 129 cm³/mol. The van der Waals surface area contributed by atoms with Crippen molar-refractivity contribution in [3.05, 3.63) is 93.6 Å². The van der Waals surface area contributed by atoms with Crippen molar-refractivity contribution in [2.45, 2.75) is 18.1 Å². The van der Waals surface area contributed by atoms with E-state index in [1.165, 1.54) is 21.3 Å². The molecule has 2 aromatic heterocycles. The van der Waals surface area contributed by atoms with Gasteiger partial charge in [0.15, 0.2) is 5.16 Å². The zero-order chi connectivity index (χ0) is 22.8. The first-order chi connectivity index (χ1) is 16.1. The molecule has 166 valence electrons. The number of nitrogens with zero attached hydrogens (tertiary/aromatic N) is 4. The second-order valence-corrected chi connectivity index (χ2v) is 8.87. The van der Waals surface area contributed by atoms with Crippen molar-refractivity contribution in [3.8, 4) is 0 Å². The van der Waals surface area contributed by atoms with E-state index in [9.17, 15) is 9.59 Å². The molecular weight excluding hydrogens is 460 g/mol. The Morgan fingerprint density at radius 2 is 1.97 bits per heavy atom. The Hall–Kier alpha value is -3.36. The smallest absolute Gasteiger partial charge is 0.262 e. The van der Waals surface area contributed by atoms with E-state index >= 15 is 0 Å². The molecule has 2 aromatic carbocycles. The normalized spacial score (nSPS) is 13.5. The van der Waals surface area contributed by atoms with Crippen LogP contribution in [0.2, 0.25) is 5.02 Å². The van der Waals surface area contributed by atoms with Gasteiger partial charge in [0.1, 0.15) is 5.76 Å². The number of amides is 1. The van der Waals surface area contributed by atoms with Crippen LogP contribution in [0.5, 0.6) is 0 Å². The molecule has 5 rings (SSSR count). The van der Waals surface area contributed by atoms with Crippen molar-refractivity contribution in [3.63, 3.8) is 0 Å². The second-order valence-electron chi connectivity index (χ2n) is 7.49. The van der Waals surface area contributed by atoms with Crippen LogP contribution in [0.3, 0.4) is 0 Å². The summed E-state index contributed by atoms with van der Waals surface area (Å²) >= 11 is 7.31. The number of fused-ring (bicyclic) bond motifs is 1. The van der Waals surface area contributed by atoms with Gasteiger partial charge in [-0.1, -0.05) is 53.7 Å². The minimum Gasteiger partial charge on any atom is -0.467 e. The molecular formula is C24H19ClN4O3S. The quantitative estimate of drug-likeness (QED) is 0.302. The van der Waals surface area contributed by atoms with Crippen LogP contribution in [0.1, 0.15) is 17.7 Å². The number of thioether (sulfide) groups is 1. The van der Waals surface area contributed by atoms with E-state index in [1.807, 2.05) is 30.3 Å². The number of carbonyl (C=O) groups is 1. The molecule has 0 aliphatic carbocycles. The summed E-state index contributed by atoms with van der Waals surface area (Å²) in [7, 11) is 0. The van der Waals surface area contributed by atoms with E-state index < -0.39 is 0 Å². The minimum atomic E-state index is -0.214. The van der Waals surface area contributed by atoms with Gasteiger partial charge in [-0.05, 0) is 35.9 Å². The topological polar surface area (TPSA) is 80.7 Å². The monoisotopic (exact) mass is 478 g/mol. The zero-order valence-corrected chi connectivity index (χ0v) is 19.1. The maximum atomic E-state index is 13.2. The molecule has 0 spiro atoms. The van der Waals surface area contributed by atoms with Gasteiger partial charge in [0.2, 0.25) is 0 Å². The van der Waals surface area contributed by atoms with Crippen molar-refractivity contribution in [1.82, 2.24) is 14.6 Å². The highest BCUT2D eigenvalue weighted by Crippen LogP contribution is 2.23. The van der Waals surface area contributed by atoms with Crippen molar-refractivity contribution < 1.29 is 9.21 Å². The van der Waals surface area contributed by atoms with Gasteiger partial charge in [-0.2, -0.15) is 5.10 Å². The van der Waals surface area contributed by atoms with Gasteiger partial charge in [0.25, 0.3) is 11.5 Å². The first-order valence-corrected chi connectivity index (χ1v) is 11.7. The highest BCUT2D eigenvalue weighted by Gasteiger charge is 2.23. The number of benzene rings is 2. The van der Waals surface area contributed by atoms with Crippen LogP contribution in [0.15, 0.2) is 86.4 Å². The fraction of sp³-hybridized carbons (Fsp3) is 0.167. The molecule has 1 aliphatic rings. The Balaban J connectivity index is 1.40. The van der Waals surface area contributed by atoms with Crippen LogP contribution in [0, 0.1) is 0 Å². The average Bonchev–Trinajstić information content (AvgIpc) is 3.52. The Bertz CT molecular complexity index is 1400. The molecule has 33 heavy (non-hydrogen) atoms. The summed E-state index contributed by atoms with van der Waals surface area (Å²) < 4.78 is 6.95. The lowest BCUT2D eigenvalue weighted by atomic mass is 10.1. The number of furan rings is 1. The van der Waals surface area contributed by atoms with Crippen LogP contribution in [-0.2, 0) is 11.3 Å². The lowest BCUT2D eigenvalue weighted by Crippen LogP contribution is -2.27. The van der Waals surface area contributed by atoms with Gasteiger partial charge in [-0.25, -0.2) is 9.99 Å². The summed E-state index contributed by atoms with van der Waals surface area (Å²) in [6.45, 7) is 0.748. The number of carbonyl (C=O) groups excluding carboxylic acids is 1.